The number of rotatable bonds is 3. The van der Waals surface area contributed by atoms with Gasteiger partial charge in [-0.3, -0.25) is 0 Å². The van der Waals surface area contributed by atoms with Gasteiger partial charge < -0.3 is 9.25 Å². The largest absolute Gasteiger partial charge is 0.423 e. The van der Waals surface area contributed by atoms with Gasteiger partial charge in [-0.05, 0) is 17.2 Å². The summed E-state index contributed by atoms with van der Waals surface area (Å²) in [5.41, 5.74) is 3.77. The molecule has 5 rings (SSSR count). The zero-order valence-electron chi connectivity index (χ0n) is 15.0. The Morgan fingerprint density at radius 3 is 2.14 bits per heavy atom. The van der Waals surface area contributed by atoms with E-state index in [4.69, 9.17) is 9.25 Å². The van der Waals surface area contributed by atoms with Crippen LogP contribution in [0.4, 0.5) is 0 Å². The summed E-state index contributed by atoms with van der Waals surface area (Å²) in [5.74, 6) is -0.131. The first-order valence-corrected chi connectivity index (χ1v) is 9.18. The molecule has 0 aliphatic carbocycles. The monoisotopic (exact) mass is 367 g/mol. The van der Waals surface area contributed by atoms with E-state index in [0.29, 0.717) is 5.58 Å². The standard InChI is InChI=1S/C24H17NO3/c26-21-15-19(18-13-7-8-14-20(18)27-21)23-22(16-9-3-1-4-10-16)24(28-25-23)17-11-5-2-6-12-17/h1-15,22,24H/t22-,24+/m0/s1. The molecule has 1 aromatic heterocycles. The van der Waals surface area contributed by atoms with Gasteiger partial charge in [0.05, 0.1) is 11.6 Å². The zero-order chi connectivity index (χ0) is 18.9. The van der Waals surface area contributed by atoms with Crippen LogP contribution in [0.1, 0.15) is 28.7 Å². The molecule has 2 atom stereocenters. The summed E-state index contributed by atoms with van der Waals surface area (Å²) in [6.45, 7) is 0. The number of fused-ring (bicyclic) bond motifs is 1. The third-order valence-electron chi connectivity index (χ3n) is 5.07. The first kappa shape index (κ1) is 16.5. The number of hydrogen-bond donors (Lipinski definition) is 0. The average Bonchev–Trinajstić information content (AvgIpc) is 3.19. The molecule has 4 nitrogen and oxygen atoms in total. The van der Waals surface area contributed by atoms with E-state index < -0.39 is 5.63 Å². The van der Waals surface area contributed by atoms with Crippen molar-refractivity contribution in [3.63, 3.8) is 0 Å². The van der Waals surface area contributed by atoms with Crippen LogP contribution in [-0.2, 0) is 4.84 Å². The van der Waals surface area contributed by atoms with E-state index in [0.717, 1.165) is 27.8 Å². The van der Waals surface area contributed by atoms with Crippen molar-refractivity contribution in [1.29, 1.82) is 0 Å². The summed E-state index contributed by atoms with van der Waals surface area (Å²) < 4.78 is 5.36. The van der Waals surface area contributed by atoms with Gasteiger partial charge in [0.25, 0.3) is 0 Å². The normalized spacial score (nSPS) is 18.6. The first-order valence-electron chi connectivity index (χ1n) is 9.18. The lowest BCUT2D eigenvalue weighted by molar-refractivity contribution is 0.0763. The summed E-state index contributed by atoms with van der Waals surface area (Å²) >= 11 is 0. The van der Waals surface area contributed by atoms with Crippen LogP contribution in [0.2, 0.25) is 0 Å². The van der Waals surface area contributed by atoms with Gasteiger partial charge in [0, 0.05) is 17.0 Å². The molecule has 0 spiro atoms. The average molecular weight is 367 g/mol. The van der Waals surface area contributed by atoms with Gasteiger partial charge >= 0.3 is 5.63 Å². The molecule has 0 amide bonds. The Labute approximate surface area is 161 Å². The zero-order valence-corrected chi connectivity index (χ0v) is 15.0. The minimum atomic E-state index is -0.397. The van der Waals surface area contributed by atoms with Crippen molar-refractivity contribution in [2.75, 3.05) is 0 Å². The molecule has 3 aromatic carbocycles. The Hall–Kier alpha value is -3.66. The van der Waals surface area contributed by atoms with Crippen LogP contribution >= 0.6 is 0 Å². The fraction of sp³-hybridized carbons (Fsp3) is 0.0833. The summed E-state index contributed by atoms with van der Waals surface area (Å²) in [5, 5.41) is 5.30. The van der Waals surface area contributed by atoms with E-state index in [1.165, 1.54) is 6.07 Å². The fourth-order valence-electron chi connectivity index (χ4n) is 3.80. The maximum atomic E-state index is 12.2. The van der Waals surface area contributed by atoms with E-state index in [-0.39, 0.29) is 12.0 Å². The summed E-state index contributed by atoms with van der Waals surface area (Å²) in [4.78, 5) is 18.1. The minimum absolute atomic E-state index is 0.131. The molecule has 0 unspecified atom stereocenters. The number of para-hydroxylation sites is 1. The number of oxime groups is 1. The lowest BCUT2D eigenvalue weighted by Gasteiger charge is -2.20. The summed E-state index contributed by atoms with van der Waals surface area (Å²) in [6, 6.07) is 29.2. The SMILES string of the molecule is O=c1cc(C2=NO[C@H](c3ccccc3)[C@H]2c2ccccc2)c2ccccc2o1. The number of hydrogen-bond acceptors (Lipinski definition) is 4. The lowest BCUT2D eigenvalue weighted by atomic mass is 9.83. The van der Waals surface area contributed by atoms with Crippen LogP contribution in [0.15, 0.2) is 105 Å². The molecule has 4 heteroatoms. The fourth-order valence-corrected chi connectivity index (χ4v) is 3.80. The Kier molecular flexibility index (Phi) is 4.02. The highest BCUT2D eigenvalue weighted by Crippen LogP contribution is 2.42. The molecule has 1 aliphatic heterocycles. The molecular formula is C24H17NO3. The van der Waals surface area contributed by atoms with Gasteiger partial charge in [0.2, 0.25) is 0 Å². The number of nitrogens with zero attached hydrogens (tertiary/aromatic N) is 1. The van der Waals surface area contributed by atoms with Crippen LogP contribution in [0.25, 0.3) is 11.0 Å². The van der Waals surface area contributed by atoms with E-state index in [9.17, 15) is 4.79 Å². The molecule has 1 aliphatic rings. The molecule has 0 radical (unpaired) electrons. The van der Waals surface area contributed by atoms with Gasteiger partial charge in [0.15, 0.2) is 6.10 Å². The predicted molar refractivity (Wildman–Crippen MR) is 108 cm³/mol. The Balaban J connectivity index is 1.70. The molecule has 2 heterocycles. The van der Waals surface area contributed by atoms with Crippen molar-refractivity contribution in [3.8, 4) is 0 Å². The highest BCUT2D eigenvalue weighted by atomic mass is 16.6. The van der Waals surface area contributed by atoms with Crippen molar-refractivity contribution in [1.82, 2.24) is 0 Å². The second kappa shape index (κ2) is 6.82. The molecule has 136 valence electrons. The van der Waals surface area contributed by atoms with Gasteiger partial charge in [-0.1, -0.05) is 84.0 Å². The smallest absolute Gasteiger partial charge is 0.336 e. The maximum Gasteiger partial charge on any atom is 0.336 e. The second-order valence-corrected chi connectivity index (χ2v) is 6.78. The van der Waals surface area contributed by atoms with Crippen LogP contribution in [0.3, 0.4) is 0 Å². The van der Waals surface area contributed by atoms with Gasteiger partial charge in [-0.25, -0.2) is 4.79 Å². The molecule has 4 aromatic rings. The highest BCUT2D eigenvalue weighted by Gasteiger charge is 2.38. The Morgan fingerprint density at radius 2 is 1.39 bits per heavy atom. The molecule has 0 saturated carbocycles. The van der Waals surface area contributed by atoms with Gasteiger partial charge in [0.1, 0.15) is 5.58 Å². The molecular weight excluding hydrogens is 350 g/mol. The van der Waals surface area contributed by atoms with Crippen molar-refractivity contribution in [2.45, 2.75) is 12.0 Å². The first-order chi connectivity index (χ1) is 13.8. The third-order valence-corrected chi connectivity index (χ3v) is 5.07. The summed E-state index contributed by atoms with van der Waals surface area (Å²) in [7, 11) is 0. The molecule has 0 saturated heterocycles. The van der Waals surface area contributed by atoms with Crippen LogP contribution < -0.4 is 5.63 Å². The van der Waals surface area contributed by atoms with E-state index in [2.05, 4.69) is 17.3 Å². The van der Waals surface area contributed by atoms with Crippen molar-refractivity contribution >= 4 is 16.7 Å². The van der Waals surface area contributed by atoms with Gasteiger partial charge in [-0.2, -0.15) is 0 Å². The molecule has 0 fully saturated rings. The number of benzene rings is 3. The molecule has 28 heavy (non-hydrogen) atoms. The second-order valence-electron chi connectivity index (χ2n) is 6.78. The van der Waals surface area contributed by atoms with E-state index in [1.54, 1.807) is 6.07 Å². The van der Waals surface area contributed by atoms with E-state index in [1.807, 2.05) is 66.7 Å². The Bertz CT molecular complexity index is 1210. The maximum absolute atomic E-state index is 12.2. The van der Waals surface area contributed by atoms with Crippen LogP contribution in [-0.4, -0.2) is 5.71 Å². The van der Waals surface area contributed by atoms with Crippen LogP contribution in [0, 0.1) is 0 Å². The quantitative estimate of drug-likeness (QED) is 0.476. The lowest BCUT2D eigenvalue weighted by Crippen LogP contribution is -2.18. The topological polar surface area (TPSA) is 51.8 Å². The van der Waals surface area contributed by atoms with Crippen molar-refractivity contribution in [2.24, 2.45) is 5.16 Å². The molecule has 0 bridgehead atoms. The molecule has 0 N–H and O–H groups in total. The van der Waals surface area contributed by atoms with Crippen molar-refractivity contribution in [3.05, 3.63) is 118 Å². The Morgan fingerprint density at radius 1 is 0.750 bits per heavy atom. The van der Waals surface area contributed by atoms with Crippen molar-refractivity contribution < 1.29 is 9.25 Å². The van der Waals surface area contributed by atoms with E-state index >= 15 is 0 Å². The third kappa shape index (κ3) is 2.79. The highest BCUT2D eigenvalue weighted by molar-refractivity contribution is 6.13. The minimum Gasteiger partial charge on any atom is -0.423 e. The predicted octanol–water partition coefficient (Wildman–Crippen LogP) is 5.05. The van der Waals surface area contributed by atoms with Gasteiger partial charge in [-0.15, -0.1) is 0 Å². The van der Waals surface area contributed by atoms with Crippen LogP contribution in [0.5, 0.6) is 0 Å². The summed E-state index contributed by atoms with van der Waals surface area (Å²) in [6.07, 6.45) is -0.260.